The van der Waals surface area contributed by atoms with Gasteiger partial charge in [-0.1, -0.05) is 19.3 Å². The summed E-state index contributed by atoms with van der Waals surface area (Å²) in [5, 5.41) is 6.49. The van der Waals surface area contributed by atoms with E-state index in [9.17, 15) is 4.79 Å². The van der Waals surface area contributed by atoms with Gasteiger partial charge < -0.3 is 15.4 Å². The zero-order chi connectivity index (χ0) is 18.6. The van der Waals surface area contributed by atoms with Crippen molar-refractivity contribution in [1.29, 1.82) is 0 Å². The maximum absolute atomic E-state index is 12.9. The second kappa shape index (κ2) is 11.0. The molecule has 0 aromatic carbocycles. The summed E-state index contributed by atoms with van der Waals surface area (Å²) in [6.45, 7) is 4.49. The molecular formula is C21H32Cl2N4O2. The van der Waals surface area contributed by atoms with Crippen LogP contribution >= 0.6 is 24.8 Å². The van der Waals surface area contributed by atoms with Crippen molar-refractivity contribution in [3.63, 3.8) is 0 Å². The van der Waals surface area contributed by atoms with Gasteiger partial charge in [0.1, 0.15) is 5.69 Å². The molecular weight excluding hydrogens is 411 g/mol. The van der Waals surface area contributed by atoms with Crippen LogP contribution < -0.4 is 15.4 Å². The number of pyridine rings is 1. The van der Waals surface area contributed by atoms with Crippen molar-refractivity contribution in [1.82, 2.24) is 20.0 Å². The van der Waals surface area contributed by atoms with Gasteiger partial charge in [0, 0.05) is 18.8 Å². The Hall–Kier alpha value is -1.50. The van der Waals surface area contributed by atoms with Crippen molar-refractivity contribution < 1.29 is 9.53 Å². The number of imidazole rings is 1. The lowest BCUT2D eigenvalue weighted by atomic mass is 9.90. The predicted octanol–water partition coefficient (Wildman–Crippen LogP) is 3.93. The van der Waals surface area contributed by atoms with E-state index in [0.717, 1.165) is 49.6 Å². The largest absolute Gasteiger partial charge is 0.489 e. The smallest absolute Gasteiger partial charge is 0.270 e. The second-order valence-corrected chi connectivity index (χ2v) is 7.94. The van der Waals surface area contributed by atoms with Crippen molar-refractivity contribution in [3.8, 4) is 5.75 Å². The fraction of sp³-hybridized carbons (Fsp3) is 0.619. The Morgan fingerprint density at radius 1 is 1.24 bits per heavy atom. The molecule has 3 heterocycles. The topological polar surface area (TPSA) is 67.7 Å². The molecule has 1 amide bonds. The molecule has 1 aliphatic carbocycles. The number of piperidine rings is 1. The lowest BCUT2D eigenvalue weighted by molar-refractivity contribution is 0.0924. The Morgan fingerprint density at radius 3 is 2.76 bits per heavy atom. The predicted molar refractivity (Wildman–Crippen MR) is 120 cm³/mol. The number of ether oxygens (including phenoxy) is 1. The van der Waals surface area contributed by atoms with Crippen LogP contribution in [0.25, 0.3) is 5.65 Å². The van der Waals surface area contributed by atoms with Crippen molar-refractivity contribution in [2.24, 2.45) is 5.92 Å². The third kappa shape index (κ3) is 5.56. The number of nitrogens with one attached hydrogen (secondary N) is 2. The van der Waals surface area contributed by atoms with E-state index in [4.69, 9.17) is 4.74 Å². The van der Waals surface area contributed by atoms with Crippen molar-refractivity contribution >= 4 is 36.4 Å². The lowest BCUT2D eigenvalue weighted by Gasteiger charge is -2.23. The van der Waals surface area contributed by atoms with E-state index in [-0.39, 0.29) is 36.8 Å². The first-order chi connectivity index (χ1) is 13.2. The van der Waals surface area contributed by atoms with Crippen molar-refractivity contribution in [2.45, 2.75) is 57.9 Å². The number of fused-ring (bicyclic) bond motifs is 1. The first kappa shape index (κ1) is 23.8. The molecule has 1 saturated carbocycles. The number of aryl methyl sites for hydroxylation is 1. The number of rotatable bonds is 5. The van der Waals surface area contributed by atoms with Crippen LogP contribution in [0.5, 0.6) is 5.75 Å². The van der Waals surface area contributed by atoms with Crippen LogP contribution in [-0.2, 0) is 0 Å². The SMILES string of the molecule is Cc1nc2c(OCC3CCCCC3)cccn2c1C(=O)N[C@H]1CCCNC1.Cl.Cl. The average Bonchev–Trinajstić information content (AvgIpc) is 3.04. The molecule has 2 aromatic rings. The third-order valence-corrected chi connectivity index (χ3v) is 5.83. The quantitative estimate of drug-likeness (QED) is 0.735. The molecule has 1 atom stereocenters. The average molecular weight is 443 g/mol. The van der Waals surface area contributed by atoms with Crippen molar-refractivity contribution in [2.75, 3.05) is 19.7 Å². The molecule has 4 rings (SSSR count). The van der Waals surface area contributed by atoms with E-state index in [1.165, 1.54) is 32.1 Å². The molecule has 8 heteroatoms. The highest BCUT2D eigenvalue weighted by Crippen LogP contribution is 2.27. The van der Waals surface area contributed by atoms with Crippen LogP contribution in [0.4, 0.5) is 0 Å². The molecule has 0 unspecified atom stereocenters. The summed E-state index contributed by atoms with van der Waals surface area (Å²) >= 11 is 0. The maximum atomic E-state index is 12.9. The van der Waals surface area contributed by atoms with Crippen LogP contribution in [0.15, 0.2) is 18.3 Å². The Balaban J connectivity index is 0.00000150. The van der Waals surface area contributed by atoms with Gasteiger partial charge in [-0.25, -0.2) is 4.98 Å². The fourth-order valence-electron chi connectivity index (χ4n) is 4.33. The minimum atomic E-state index is -0.0573. The Kier molecular flexibility index (Phi) is 9.05. The fourth-order valence-corrected chi connectivity index (χ4v) is 4.33. The van der Waals surface area contributed by atoms with E-state index >= 15 is 0 Å². The van der Waals surface area contributed by atoms with Gasteiger partial charge in [0.2, 0.25) is 0 Å². The monoisotopic (exact) mass is 442 g/mol. The molecule has 2 aliphatic rings. The van der Waals surface area contributed by atoms with Crippen LogP contribution in [0.2, 0.25) is 0 Å². The third-order valence-electron chi connectivity index (χ3n) is 5.83. The van der Waals surface area contributed by atoms with Crippen LogP contribution in [0.3, 0.4) is 0 Å². The van der Waals surface area contributed by atoms with Gasteiger partial charge in [0.05, 0.1) is 12.3 Å². The summed E-state index contributed by atoms with van der Waals surface area (Å²) < 4.78 is 8.00. The minimum absolute atomic E-state index is 0. The number of amides is 1. The van der Waals surface area contributed by atoms with Gasteiger partial charge in [-0.15, -0.1) is 24.8 Å². The highest BCUT2D eigenvalue weighted by atomic mass is 35.5. The molecule has 6 nitrogen and oxygen atoms in total. The standard InChI is InChI=1S/C21H30N4O2.2ClH/c1-15-19(21(26)24-17-9-5-11-22-13-17)25-12-6-10-18(20(25)23-15)27-14-16-7-3-2-4-8-16;;/h6,10,12,16-17,22H,2-5,7-9,11,13-14H2,1H3,(H,24,26);2*1H/t17-;;/m0../s1. The number of carbonyl (C=O) groups excluding carboxylic acids is 1. The molecule has 0 bridgehead atoms. The normalized spacial score (nSPS) is 19.8. The van der Waals surface area contributed by atoms with Gasteiger partial charge in [-0.2, -0.15) is 0 Å². The zero-order valence-electron chi connectivity index (χ0n) is 17.0. The number of nitrogens with zero attached hydrogens (tertiary/aromatic N) is 2. The molecule has 2 N–H and O–H groups in total. The summed E-state index contributed by atoms with van der Waals surface area (Å²) in [7, 11) is 0. The van der Waals surface area contributed by atoms with E-state index < -0.39 is 0 Å². The highest BCUT2D eigenvalue weighted by molar-refractivity contribution is 5.95. The van der Waals surface area contributed by atoms with Crippen molar-refractivity contribution in [3.05, 3.63) is 29.7 Å². The zero-order valence-corrected chi connectivity index (χ0v) is 18.6. The summed E-state index contributed by atoms with van der Waals surface area (Å²) in [5.41, 5.74) is 2.08. The van der Waals surface area contributed by atoms with Crippen LogP contribution in [0, 0.1) is 12.8 Å². The summed E-state index contributed by atoms with van der Waals surface area (Å²) in [6.07, 6.45) is 10.5. The van der Waals surface area contributed by atoms with E-state index in [0.29, 0.717) is 11.6 Å². The number of hydrogen-bond acceptors (Lipinski definition) is 4. The summed E-state index contributed by atoms with van der Waals surface area (Å²) in [4.78, 5) is 17.5. The lowest BCUT2D eigenvalue weighted by Crippen LogP contribution is -2.46. The number of halogens is 2. The molecule has 1 aliphatic heterocycles. The van der Waals surface area contributed by atoms with Gasteiger partial charge in [-0.05, 0) is 57.2 Å². The molecule has 2 aromatic heterocycles. The van der Waals surface area contributed by atoms with Gasteiger partial charge in [0.15, 0.2) is 11.4 Å². The van der Waals surface area contributed by atoms with E-state index in [1.54, 1.807) is 0 Å². The molecule has 0 spiro atoms. The Labute approximate surface area is 185 Å². The Bertz CT molecular complexity index is 799. The molecule has 1 saturated heterocycles. The number of aromatic nitrogens is 2. The first-order valence-corrected chi connectivity index (χ1v) is 10.3. The Morgan fingerprint density at radius 2 is 2.03 bits per heavy atom. The highest BCUT2D eigenvalue weighted by Gasteiger charge is 2.23. The molecule has 2 fully saturated rings. The number of carbonyl (C=O) groups is 1. The van der Waals surface area contributed by atoms with Crippen LogP contribution in [-0.4, -0.2) is 41.0 Å². The summed E-state index contributed by atoms with van der Waals surface area (Å²) in [5.74, 6) is 1.35. The maximum Gasteiger partial charge on any atom is 0.270 e. The van der Waals surface area contributed by atoms with E-state index in [2.05, 4.69) is 15.6 Å². The molecule has 29 heavy (non-hydrogen) atoms. The van der Waals surface area contributed by atoms with Gasteiger partial charge in [-0.3, -0.25) is 9.20 Å². The molecule has 162 valence electrons. The first-order valence-electron chi connectivity index (χ1n) is 10.3. The number of hydrogen-bond donors (Lipinski definition) is 2. The van der Waals surface area contributed by atoms with E-state index in [1.807, 2.05) is 29.7 Å². The second-order valence-electron chi connectivity index (χ2n) is 7.94. The molecule has 0 radical (unpaired) electrons. The van der Waals surface area contributed by atoms with Gasteiger partial charge >= 0.3 is 0 Å². The van der Waals surface area contributed by atoms with Crippen LogP contribution in [0.1, 0.15) is 61.1 Å². The summed E-state index contributed by atoms with van der Waals surface area (Å²) in [6, 6.07) is 4.07. The minimum Gasteiger partial charge on any atom is -0.489 e. The van der Waals surface area contributed by atoms with Gasteiger partial charge in [0.25, 0.3) is 5.91 Å².